The van der Waals surface area contributed by atoms with E-state index in [0.29, 0.717) is 0 Å². The number of likely N-dealkylation sites (tertiary alicyclic amines) is 1. The Morgan fingerprint density at radius 2 is 1.88 bits per heavy atom. The fraction of sp³-hybridized carbons (Fsp3) is 0.455. The standard InChI is InChI=1S/C22H27N3O/c1-22-16-19(17-8-4-2-5-9-17)25(20(22)10-6-3-7-13-24-22)21(26)18-11-14-23-15-12-18/h2,4-5,8-9,11-12,14-15,19-20,24H,3,6-7,10,13,16H2,1H3/t19-,20-,22-/m0/s1. The summed E-state index contributed by atoms with van der Waals surface area (Å²) < 4.78 is 0. The maximum absolute atomic E-state index is 13.5. The van der Waals surface area contributed by atoms with Gasteiger partial charge in [-0.2, -0.15) is 0 Å². The van der Waals surface area contributed by atoms with Crippen LogP contribution in [0.25, 0.3) is 0 Å². The Kier molecular flexibility index (Phi) is 4.77. The van der Waals surface area contributed by atoms with E-state index in [9.17, 15) is 4.79 Å². The van der Waals surface area contributed by atoms with Crippen LogP contribution in [0.5, 0.6) is 0 Å². The van der Waals surface area contributed by atoms with Gasteiger partial charge < -0.3 is 10.2 Å². The molecule has 4 heteroatoms. The van der Waals surface area contributed by atoms with Gasteiger partial charge in [0, 0.05) is 23.5 Å². The van der Waals surface area contributed by atoms with E-state index in [2.05, 4.69) is 46.4 Å². The van der Waals surface area contributed by atoms with Crippen molar-refractivity contribution in [3.05, 3.63) is 66.0 Å². The van der Waals surface area contributed by atoms with Gasteiger partial charge in [0.15, 0.2) is 0 Å². The van der Waals surface area contributed by atoms with E-state index >= 15 is 0 Å². The van der Waals surface area contributed by atoms with Gasteiger partial charge >= 0.3 is 0 Å². The Morgan fingerprint density at radius 3 is 2.65 bits per heavy atom. The SMILES string of the molecule is C[C@]12C[C@@H](c3ccccc3)N(C(=O)c3ccncc3)[C@H]1CCCCCN2. The molecule has 0 spiro atoms. The number of carbonyl (C=O) groups is 1. The highest BCUT2D eigenvalue weighted by Gasteiger charge is 2.51. The number of hydrogen-bond donors (Lipinski definition) is 1. The molecular formula is C22H27N3O. The Balaban J connectivity index is 1.75. The number of rotatable bonds is 2. The highest BCUT2D eigenvalue weighted by Crippen LogP contribution is 2.45. The molecule has 2 saturated heterocycles. The minimum absolute atomic E-state index is 0.0381. The second-order valence-electron chi connectivity index (χ2n) is 7.79. The van der Waals surface area contributed by atoms with Crippen LogP contribution in [0.2, 0.25) is 0 Å². The van der Waals surface area contributed by atoms with E-state index < -0.39 is 0 Å². The fourth-order valence-corrected chi connectivity index (χ4v) is 4.70. The number of fused-ring (bicyclic) bond motifs is 1. The predicted octanol–water partition coefficient (Wildman–Crippen LogP) is 3.96. The van der Waals surface area contributed by atoms with Crippen LogP contribution >= 0.6 is 0 Å². The summed E-state index contributed by atoms with van der Waals surface area (Å²) in [5, 5.41) is 3.79. The van der Waals surface area contributed by atoms with E-state index in [1.807, 2.05) is 18.2 Å². The normalized spacial score (nSPS) is 28.9. The third-order valence-corrected chi connectivity index (χ3v) is 6.05. The molecule has 2 aromatic rings. The number of amides is 1. The zero-order valence-corrected chi connectivity index (χ0v) is 15.4. The minimum Gasteiger partial charge on any atom is -0.327 e. The van der Waals surface area contributed by atoms with Crippen LogP contribution in [0.15, 0.2) is 54.9 Å². The van der Waals surface area contributed by atoms with E-state index in [1.54, 1.807) is 12.4 Å². The van der Waals surface area contributed by atoms with Crippen molar-refractivity contribution in [2.24, 2.45) is 0 Å². The number of benzene rings is 1. The van der Waals surface area contributed by atoms with Crippen LogP contribution in [-0.4, -0.2) is 33.9 Å². The summed E-state index contributed by atoms with van der Waals surface area (Å²) in [6.45, 7) is 3.34. The van der Waals surface area contributed by atoms with Crippen molar-refractivity contribution >= 4 is 5.91 Å². The lowest BCUT2D eigenvalue weighted by Gasteiger charge is -2.38. The van der Waals surface area contributed by atoms with Crippen molar-refractivity contribution in [2.75, 3.05) is 6.54 Å². The number of carbonyl (C=O) groups excluding carboxylic acids is 1. The van der Waals surface area contributed by atoms with E-state index in [-0.39, 0.29) is 23.5 Å². The third-order valence-electron chi connectivity index (χ3n) is 6.05. The number of pyridine rings is 1. The van der Waals surface area contributed by atoms with Crippen LogP contribution in [-0.2, 0) is 0 Å². The number of aromatic nitrogens is 1. The molecule has 1 aromatic heterocycles. The Hall–Kier alpha value is -2.20. The Bertz CT molecular complexity index is 748. The first-order chi connectivity index (χ1) is 12.7. The van der Waals surface area contributed by atoms with Crippen molar-refractivity contribution in [3.8, 4) is 0 Å². The first-order valence-electron chi connectivity index (χ1n) is 9.72. The monoisotopic (exact) mass is 349 g/mol. The molecule has 0 aliphatic carbocycles. The molecular weight excluding hydrogens is 322 g/mol. The zero-order chi connectivity index (χ0) is 18.0. The zero-order valence-electron chi connectivity index (χ0n) is 15.4. The van der Waals surface area contributed by atoms with Crippen molar-refractivity contribution < 1.29 is 4.79 Å². The summed E-state index contributed by atoms with van der Waals surface area (Å²) >= 11 is 0. The summed E-state index contributed by atoms with van der Waals surface area (Å²) in [6.07, 6.45) is 9.06. The molecule has 1 amide bonds. The molecule has 3 atom stereocenters. The van der Waals surface area contributed by atoms with Crippen LogP contribution in [0.3, 0.4) is 0 Å². The molecule has 0 saturated carbocycles. The number of hydrogen-bond acceptors (Lipinski definition) is 3. The van der Waals surface area contributed by atoms with Gasteiger partial charge in [-0.3, -0.25) is 9.78 Å². The van der Waals surface area contributed by atoms with Crippen LogP contribution < -0.4 is 5.32 Å². The van der Waals surface area contributed by atoms with E-state index in [4.69, 9.17) is 0 Å². The molecule has 2 aliphatic rings. The average molecular weight is 349 g/mol. The quantitative estimate of drug-likeness (QED) is 0.892. The summed E-state index contributed by atoms with van der Waals surface area (Å²) in [5.74, 6) is 0.123. The molecule has 0 radical (unpaired) electrons. The lowest BCUT2D eigenvalue weighted by atomic mass is 9.85. The van der Waals surface area contributed by atoms with Gasteiger partial charge in [0.2, 0.25) is 0 Å². The number of nitrogens with zero attached hydrogens (tertiary/aromatic N) is 2. The fourth-order valence-electron chi connectivity index (χ4n) is 4.70. The molecule has 1 aromatic carbocycles. The van der Waals surface area contributed by atoms with Gasteiger partial charge in [-0.05, 0) is 50.4 Å². The Morgan fingerprint density at radius 1 is 1.12 bits per heavy atom. The van der Waals surface area contributed by atoms with Gasteiger partial charge in [-0.25, -0.2) is 0 Å². The van der Waals surface area contributed by atoms with Crippen LogP contribution in [0.4, 0.5) is 0 Å². The largest absolute Gasteiger partial charge is 0.327 e. The van der Waals surface area contributed by atoms with Gasteiger partial charge in [0.1, 0.15) is 0 Å². The molecule has 26 heavy (non-hydrogen) atoms. The van der Waals surface area contributed by atoms with Crippen LogP contribution in [0.1, 0.15) is 61.0 Å². The second-order valence-corrected chi connectivity index (χ2v) is 7.79. The maximum atomic E-state index is 13.5. The number of nitrogens with one attached hydrogen (secondary N) is 1. The molecule has 2 fully saturated rings. The molecule has 4 nitrogen and oxygen atoms in total. The molecule has 1 N–H and O–H groups in total. The smallest absolute Gasteiger partial charge is 0.254 e. The van der Waals surface area contributed by atoms with Crippen molar-refractivity contribution in [1.29, 1.82) is 0 Å². The summed E-state index contributed by atoms with van der Waals surface area (Å²) in [6, 6.07) is 14.5. The first-order valence-corrected chi connectivity index (χ1v) is 9.72. The molecule has 0 unspecified atom stereocenters. The summed E-state index contributed by atoms with van der Waals surface area (Å²) in [4.78, 5) is 19.7. The summed E-state index contributed by atoms with van der Waals surface area (Å²) in [5.41, 5.74) is 1.92. The first kappa shape index (κ1) is 17.2. The van der Waals surface area contributed by atoms with Crippen molar-refractivity contribution in [3.63, 3.8) is 0 Å². The Labute approximate surface area is 155 Å². The molecule has 3 heterocycles. The van der Waals surface area contributed by atoms with Gasteiger partial charge in [-0.15, -0.1) is 0 Å². The lowest BCUT2D eigenvalue weighted by Crippen LogP contribution is -2.54. The van der Waals surface area contributed by atoms with Crippen molar-refractivity contribution in [1.82, 2.24) is 15.2 Å². The molecule has 0 bridgehead atoms. The molecule has 136 valence electrons. The van der Waals surface area contributed by atoms with E-state index in [0.717, 1.165) is 24.9 Å². The lowest BCUT2D eigenvalue weighted by molar-refractivity contribution is 0.0612. The van der Waals surface area contributed by atoms with Gasteiger partial charge in [0.05, 0.1) is 12.1 Å². The highest BCUT2D eigenvalue weighted by atomic mass is 16.2. The second kappa shape index (κ2) is 7.20. The third kappa shape index (κ3) is 3.14. The van der Waals surface area contributed by atoms with Gasteiger partial charge in [-0.1, -0.05) is 43.2 Å². The minimum atomic E-state index is -0.0381. The van der Waals surface area contributed by atoms with Crippen LogP contribution in [0, 0.1) is 0 Å². The highest BCUT2D eigenvalue weighted by molar-refractivity contribution is 5.95. The van der Waals surface area contributed by atoms with Crippen molar-refractivity contribution in [2.45, 2.75) is 56.7 Å². The predicted molar refractivity (Wildman–Crippen MR) is 103 cm³/mol. The maximum Gasteiger partial charge on any atom is 0.254 e. The molecule has 2 aliphatic heterocycles. The molecule has 4 rings (SSSR count). The van der Waals surface area contributed by atoms with E-state index in [1.165, 1.54) is 24.8 Å². The van der Waals surface area contributed by atoms with Gasteiger partial charge in [0.25, 0.3) is 5.91 Å². The topological polar surface area (TPSA) is 45.2 Å². The average Bonchev–Trinajstić information content (AvgIpc) is 2.95. The summed E-state index contributed by atoms with van der Waals surface area (Å²) in [7, 11) is 0.